The van der Waals surface area contributed by atoms with Gasteiger partial charge in [0.05, 0.1) is 19.4 Å². The largest absolute Gasteiger partial charge is 0.466 e. The third-order valence-corrected chi connectivity index (χ3v) is 4.39. The van der Waals surface area contributed by atoms with E-state index in [9.17, 15) is 9.59 Å². The summed E-state index contributed by atoms with van der Waals surface area (Å²) in [5, 5.41) is 0. The van der Waals surface area contributed by atoms with Gasteiger partial charge in [-0.25, -0.2) is 0 Å². The highest BCUT2D eigenvalue weighted by atomic mass is 16.5. The lowest BCUT2D eigenvalue weighted by Crippen LogP contribution is -2.28. The highest BCUT2D eigenvalue weighted by Gasteiger charge is 2.27. The summed E-state index contributed by atoms with van der Waals surface area (Å²) >= 11 is 0. The number of unbranched alkanes of at least 4 members (excludes halogenated alkanes) is 2. The average molecular weight is 298 g/mol. The summed E-state index contributed by atoms with van der Waals surface area (Å²) in [4.78, 5) is 23.2. The molecule has 1 rings (SSSR count). The zero-order valence-electron chi connectivity index (χ0n) is 13.7. The van der Waals surface area contributed by atoms with Crippen molar-refractivity contribution in [1.82, 2.24) is 0 Å². The molecule has 1 aliphatic rings. The lowest BCUT2D eigenvalue weighted by molar-refractivity contribution is -0.155. The first kappa shape index (κ1) is 18.0. The zero-order valence-corrected chi connectivity index (χ0v) is 13.7. The van der Waals surface area contributed by atoms with E-state index in [0.29, 0.717) is 18.4 Å². The lowest BCUT2D eigenvalue weighted by atomic mass is 9.80. The smallest absolute Gasteiger partial charge is 0.306 e. The van der Waals surface area contributed by atoms with E-state index < -0.39 is 0 Å². The van der Waals surface area contributed by atoms with Crippen molar-refractivity contribution in [3.05, 3.63) is 0 Å². The van der Waals surface area contributed by atoms with Gasteiger partial charge in [-0.05, 0) is 37.5 Å². The van der Waals surface area contributed by atoms with Crippen LogP contribution in [0.4, 0.5) is 0 Å². The van der Waals surface area contributed by atoms with Gasteiger partial charge < -0.3 is 9.47 Å². The van der Waals surface area contributed by atoms with E-state index in [1.807, 2.05) is 0 Å². The summed E-state index contributed by atoms with van der Waals surface area (Å²) in [6.07, 6.45) is 6.34. The van der Waals surface area contributed by atoms with E-state index in [1.54, 1.807) is 0 Å². The molecule has 0 aliphatic heterocycles. The van der Waals surface area contributed by atoms with Crippen LogP contribution in [-0.4, -0.2) is 24.6 Å². The zero-order chi connectivity index (χ0) is 15.7. The number of hydrogen-bond donors (Lipinski definition) is 0. The molecular weight excluding hydrogens is 268 g/mol. The Labute approximate surface area is 128 Å². The minimum Gasteiger partial charge on any atom is -0.466 e. The molecule has 0 N–H and O–H groups in total. The van der Waals surface area contributed by atoms with E-state index in [1.165, 1.54) is 0 Å². The fourth-order valence-corrected chi connectivity index (χ4v) is 2.66. The Morgan fingerprint density at radius 3 is 2.38 bits per heavy atom. The Hall–Kier alpha value is -1.06. The fraction of sp³-hybridized carbons (Fsp3) is 0.882. The van der Waals surface area contributed by atoms with Gasteiger partial charge in [-0.2, -0.15) is 0 Å². The van der Waals surface area contributed by atoms with Gasteiger partial charge in [0.25, 0.3) is 0 Å². The number of rotatable bonds is 8. The molecule has 1 fully saturated rings. The van der Waals surface area contributed by atoms with Crippen LogP contribution in [0.25, 0.3) is 0 Å². The number of hydrogen-bond acceptors (Lipinski definition) is 4. The molecular formula is C17H30O4. The first-order valence-corrected chi connectivity index (χ1v) is 8.38. The lowest BCUT2D eigenvalue weighted by Gasteiger charge is -2.31. The van der Waals surface area contributed by atoms with Gasteiger partial charge in [-0.3, -0.25) is 9.59 Å². The maximum Gasteiger partial charge on any atom is 0.306 e. The molecule has 0 bridgehead atoms. The van der Waals surface area contributed by atoms with Crippen molar-refractivity contribution in [2.75, 3.05) is 6.61 Å². The second-order valence-electron chi connectivity index (χ2n) is 6.31. The van der Waals surface area contributed by atoms with Crippen molar-refractivity contribution in [3.8, 4) is 0 Å². The molecule has 0 aromatic heterocycles. The molecule has 0 aromatic rings. The molecule has 122 valence electrons. The second kappa shape index (κ2) is 9.80. The SMILES string of the molecule is CCCCCOC(=O)CCC(=O)OC1CCC(C)C(C)C1. The Morgan fingerprint density at radius 2 is 1.71 bits per heavy atom. The Kier molecular flexibility index (Phi) is 8.40. The van der Waals surface area contributed by atoms with E-state index in [4.69, 9.17) is 9.47 Å². The topological polar surface area (TPSA) is 52.6 Å². The standard InChI is InChI=1S/C17H30O4/c1-4-5-6-11-20-16(18)9-10-17(19)21-15-8-7-13(2)14(3)12-15/h13-15H,4-12H2,1-3H3. The van der Waals surface area contributed by atoms with Gasteiger partial charge >= 0.3 is 11.9 Å². The predicted octanol–water partition coefficient (Wildman–Crippen LogP) is 3.87. The highest BCUT2D eigenvalue weighted by molar-refractivity contribution is 5.77. The first-order chi connectivity index (χ1) is 10.0. The second-order valence-corrected chi connectivity index (χ2v) is 6.31. The van der Waals surface area contributed by atoms with Gasteiger partial charge in [0.15, 0.2) is 0 Å². The van der Waals surface area contributed by atoms with Crippen molar-refractivity contribution in [2.45, 2.75) is 78.2 Å². The molecule has 21 heavy (non-hydrogen) atoms. The van der Waals surface area contributed by atoms with Crippen LogP contribution in [0.1, 0.15) is 72.1 Å². The van der Waals surface area contributed by atoms with Crippen molar-refractivity contribution >= 4 is 11.9 Å². The van der Waals surface area contributed by atoms with Gasteiger partial charge in [0.2, 0.25) is 0 Å². The third kappa shape index (κ3) is 7.49. The number of carbonyl (C=O) groups excluding carboxylic acids is 2. The molecule has 0 amide bonds. The average Bonchev–Trinajstić information content (AvgIpc) is 2.45. The molecule has 0 spiro atoms. The number of carbonyl (C=O) groups is 2. The monoisotopic (exact) mass is 298 g/mol. The third-order valence-electron chi connectivity index (χ3n) is 4.39. The highest BCUT2D eigenvalue weighted by Crippen LogP contribution is 2.31. The number of esters is 2. The molecule has 0 heterocycles. The first-order valence-electron chi connectivity index (χ1n) is 8.38. The Balaban J connectivity index is 2.12. The molecule has 0 radical (unpaired) electrons. The molecule has 0 saturated heterocycles. The quantitative estimate of drug-likeness (QED) is 0.504. The maximum atomic E-state index is 11.8. The van der Waals surface area contributed by atoms with Crippen LogP contribution in [-0.2, 0) is 19.1 Å². The van der Waals surface area contributed by atoms with Crippen molar-refractivity contribution < 1.29 is 19.1 Å². The van der Waals surface area contributed by atoms with E-state index in [-0.39, 0.29) is 30.9 Å². The van der Waals surface area contributed by atoms with Crippen molar-refractivity contribution in [3.63, 3.8) is 0 Å². The Morgan fingerprint density at radius 1 is 1.00 bits per heavy atom. The summed E-state index contributed by atoms with van der Waals surface area (Å²) in [5.41, 5.74) is 0. The summed E-state index contributed by atoms with van der Waals surface area (Å²) < 4.78 is 10.5. The summed E-state index contributed by atoms with van der Waals surface area (Å²) in [7, 11) is 0. The summed E-state index contributed by atoms with van der Waals surface area (Å²) in [6, 6.07) is 0. The van der Waals surface area contributed by atoms with E-state index in [0.717, 1.165) is 38.5 Å². The number of ether oxygens (including phenoxy) is 2. The van der Waals surface area contributed by atoms with Crippen LogP contribution in [0.2, 0.25) is 0 Å². The molecule has 3 unspecified atom stereocenters. The van der Waals surface area contributed by atoms with Gasteiger partial charge in [0, 0.05) is 0 Å². The van der Waals surface area contributed by atoms with Crippen LogP contribution < -0.4 is 0 Å². The van der Waals surface area contributed by atoms with Crippen LogP contribution in [0, 0.1) is 11.8 Å². The predicted molar refractivity (Wildman–Crippen MR) is 81.8 cm³/mol. The minimum absolute atomic E-state index is 0.0317. The van der Waals surface area contributed by atoms with E-state index >= 15 is 0 Å². The summed E-state index contributed by atoms with van der Waals surface area (Å²) in [5.74, 6) is 0.735. The van der Waals surface area contributed by atoms with Gasteiger partial charge in [0.1, 0.15) is 6.10 Å². The summed E-state index contributed by atoms with van der Waals surface area (Å²) in [6.45, 7) is 7.01. The van der Waals surface area contributed by atoms with Crippen LogP contribution in [0.5, 0.6) is 0 Å². The van der Waals surface area contributed by atoms with Gasteiger partial charge in [-0.1, -0.05) is 33.6 Å². The van der Waals surface area contributed by atoms with Gasteiger partial charge in [-0.15, -0.1) is 0 Å². The normalized spacial score (nSPS) is 25.4. The van der Waals surface area contributed by atoms with E-state index in [2.05, 4.69) is 20.8 Å². The van der Waals surface area contributed by atoms with Crippen molar-refractivity contribution in [1.29, 1.82) is 0 Å². The minimum atomic E-state index is -0.298. The molecule has 4 nitrogen and oxygen atoms in total. The molecule has 1 saturated carbocycles. The van der Waals surface area contributed by atoms with Crippen LogP contribution in [0.3, 0.4) is 0 Å². The molecule has 0 aromatic carbocycles. The van der Waals surface area contributed by atoms with Crippen LogP contribution >= 0.6 is 0 Å². The molecule has 1 aliphatic carbocycles. The fourth-order valence-electron chi connectivity index (χ4n) is 2.66. The molecule has 3 atom stereocenters. The molecule has 4 heteroatoms. The Bertz CT molecular complexity index is 327. The maximum absolute atomic E-state index is 11.8. The van der Waals surface area contributed by atoms with Crippen molar-refractivity contribution in [2.24, 2.45) is 11.8 Å². The van der Waals surface area contributed by atoms with Crippen LogP contribution in [0.15, 0.2) is 0 Å².